The van der Waals surface area contributed by atoms with Gasteiger partial charge in [-0.25, -0.2) is 4.57 Å². The summed E-state index contributed by atoms with van der Waals surface area (Å²) in [5.41, 5.74) is 0. The van der Waals surface area contributed by atoms with E-state index in [1.165, 1.54) is 83.5 Å². The van der Waals surface area contributed by atoms with Crippen LogP contribution in [0.2, 0.25) is 0 Å². The number of carbonyl (C=O) groups excluding carboxylic acids is 2. The fourth-order valence-corrected chi connectivity index (χ4v) is 4.88. The molecule has 0 fully saturated rings. The van der Waals surface area contributed by atoms with Crippen molar-refractivity contribution in [3.63, 3.8) is 0 Å². The Morgan fingerprint density at radius 3 is 1.57 bits per heavy atom. The molecule has 0 rings (SSSR count). The lowest BCUT2D eigenvalue weighted by Crippen LogP contribution is -2.29. The molecule has 40 heavy (non-hydrogen) atoms. The SMILES string of the molecule is CCCCCCCCCCCCCCCCCCCC(=O)OC(COC(=O)CC)COP(=O)(O)OCC(O)CO. The number of rotatable bonds is 29. The molecule has 11 heteroatoms. The van der Waals surface area contributed by atoms with Gasteiger partial charge in [-0.3, -0.25) is 18.6 Å². The quantitative estimate of drug-likeness (QED) is 0.0504. The average Bonchev–Trinajstić information content (AvgIpc) is 2.94. The van der Waals surface area contributed by atoms with Gasteiger partial charge in [-0.2, -0.15) is 0 Å². The smallest absolute Gasteiger partial charge is 0.462 e. The topological polar surface area (TPSA) is 149 Å². The molecule has 0 aromatic heterocycles. The zero-order chi connectivity index (χ0) is 29.9. The maximum atomic E-state index is 12.3. The summed E-state index contributed by atoms with van der Waals surface area (Å²) in [4.78, 5) is 33.4. The Labute approximate surface area is 242 Å². The normalized spacial score (nSPS) is 14.4. The highest BCUT2D eigenvalue weighted by atomic mass is 31.2. The number of aliphatic hydroxyl groups is 2. The lowest BCUT2D eigenvalue weighted by atomic mass is 10.0. The Kier molecular flexibility index (Phi) is 26.2. The van der Waals surface area contributed by atoms with E-state index in [0.717, 1.165) is 19.3 Å². The van der Waals surface area contributed by atoms with Crippen molar-refractivity contribution in [2.45, 2.75) is 148 Å². The van der Waals surface area contributed by atoms with Gasteiger partial charge in [-0.1, -0.05) is 117 Å². The summed E-state index contributed by atoms with van der Waals surface area (Å²) in [5.74, 6) is -1.02. The van der Waals surface area contributed by atoms with E-state index in [4.69, 9.17) is 19.1 Å². The second kappa shape index (κ2) is 26.8. The molecule has 0 aromatic rings. The fourth-order valence-electron chi connectivity index (χ4n) is 4.09. The van der Waals surface area contributed by atoms with Gasteiger partial charge in [-0.05, 0) is 6.42 Å². The van der Waals surface area contributed by atoms with E-state index in [1.807, 2.05) is 0 Å². The van der Waals surface area contributed by atoms with Crippen LogP contribution >= 0.6 is 7.82 Å². The minimum absolute atomic E-state index is 0.126. The third-order valence-corrected chi connectivity index (χ3v) is 7.52. The summed E-state index contributed by atoms with van der Waals surface area (Å²) >= 11 is 0. The third kappa shape index (κ3) is 25.9. The van der Waals surface area contributed by atoms with Crippen LogP contribution in [-0.2, 0) is 32.7 Å². The molecular weight excluding hydrogens is 539 g/mol. The lowest BCUT2D eigenvalue weighted by Gasteiger charge is -2.20. The van der Waals surface area contributed by atoms with Gasteiger partial charge in [0.25, 0.3) is 0 Å². The first-order chi connectivity index (χ1) is 19.2. The van der Waals surface area contributed by atoms with Crippen molar-refractivity contribution < 1.29 is 47.8 Å². The zero-order valence-corrected chi connectivity index (χ0v) is 26.0. The molecule has 0 bridgehead atoms. The van der Waals surface area contributed by atoms with Gasteiger partial charge in [-0.15, -0.1) is 0 Å². The van der Waals surface area contributed by atoms with Crippen molar-refractivity contribution in [3.05, 3.63) is 0 Å². The van der Waals surface area contributed by atoms with E-state index in [-0.39, 0.29) is 19.4 Å². The number of phosphoric acid groups is 1. The van der Waals surface area contributed by atoms with E-state index >= 15 is 0 Å². The zero-order valence-electron chi connectivity index (χ0n) is 25.1. The molecule has 0 radical (unpaired) electrons. The van der Waals surface area contributed by atoms with Crippen LogP contribution in [0.25, 0.3) is 0 Å². The summed E-state index contributed by atoms with van der Waals surface area (Å²) in [5, 5.41) is 18.0. The molecule has 3 N–H and O–H groups in total. The molecule has 0 aromatic carbocycles. The van der Waals surface area contributed by atoms with Gasteiger partial charge < -0.3 is 24.6 Å². The van der Waals surface area contributed by atoms with Crippen molar-refractivity contribution in [3.8, 4) is 0 Å². The first kappa shape index (κ1) is 39.0. The summed E-state index contributed by atoms with van der Waals surface area (Å²) in [6.45, 7) is 1.75. The maximum absolute atomic E-state index is 12.3. The summed E-state index contributed by atoms with van der Waals surface area (Å²) in [7, 11) is -4.57. The summed E-state index contributed by atoms with van der Waals surface area (Å²) in [6.07, 6.45) is 19.1. The lowest BCUT2D eigenvalue weighted by molar-refractivity contribution is -0.161. The molecule has 0 aliphatic rings. The average molecular weight is 597 g/mol. The van der Waals surface area contributed by atoms with Crippen LogP contribution in [0, 0.1) is 0 Å². The van der Waals surface area contributed by atoms with Gasteiger partial charge in [0.05, 0.1) is 19.8 Å². The number of esters is 2. The monoisotopic (exact) mass is 596 g/mol. The molecule has 10 nitrogen and oxygen atoms in total. The molecule has 0 aliphatic carbocycles. The minimum atomic E-state index is -4.57. The van der Waals surface area contributed by atoms with Gasteiger partial charge >= 0.3 is 19.8 Å². The second-order valence-electron chi connectivity index (χ2n) is 10.5. The Hall–Kier alpha value is -1.03. The number of carbonyl (C=O) groups is 2. The summed E-state index contributed by atoms with van der Waals surface area (Å²) in [6, 6.07) is 0. The first-order valence-electron chi connectivity index (χ1n) is 15.5. The Morgan fingerprint density at radius 1 is 0.675 bits per heavy atom. The molecule has 0 aliphatic heterocycles. The molecule has 3 unspecified atom stereocenters. The minimum Gasteiger partial charge on any atom is -0.462 e. The molecule has 238 valence electrons. The Bertz CT molecular complexity index is 661. The molecule has 0 saturated carbocycles. The van der Waals surface area contributed by atoms with Crippen LogP contribution in [0.3, 0.4) is 0 Å². The van der Waals surface area contributed by atoms with Gasteiger partial charge in [0.2, 0.25) is 0 Å². The van der Waals surface area contributed by atoms with Crippen molar-refractivity contribution in [2.24, 2.45) is 0 Å². The molecule has 0 spiro atoms. The number of aliphatic hydroxyl groups excluding tert-OH is 2. The van der Waals surface area contributed by atoms with Crippen LogP contribution in [0.5, 0.6) is 0 Å². The third-order valence-electron chi connectivity index (χ3n) is 6.57. The maximum Gasteiger partial charge on any atom is 0.472 e. The molecule has 0 saturated heterocycles. The molecule has 3 atom stereocenters. The van der Waals surface area contributed by atoms with E-state index in [0.29, 0.717) is 6.42 Å². The fraction of sp³-hybridized carbons (Fsp3) is 0.931. The van der Waals surface area contributed by atoms with Crippen molar-refractivity contribution in [1.82, 2.24) is 0 Å². The Morgan fingerprint density at radius 2 is 1.12 bits per heavy atom. The van der Waals surface area contributed by atoms with Crippen LogP contribution in [0.1, 0.15) is 136 Å². The van der Waals surface area contributed by atoms with Crippen molar-refractivity contribution in [2.75, 3.05) is 26.4 Å². The highest BCUT2D eigenvalue weighted by molar-refractivity contribution is 7.47. The van der Waals surface area contributed by atoms with E-state index in [9.17, 15) is 24.2 Å². The predicted molar refractivity (Wildman–Crippen MR) is 155 cm³/mol. The van der Waals surface area contributed by atoms with Crippen LogP contribution in [0.4, 0.5) is 0 Å². The number of hydrogen-bond acceptors (Lipinski definition) is 9. The van der Waals surface area contributed by atoms with Crippen molar-refractivity contribution >= 4 is 19.8 Å². The van der Waals surface area contributed by atoms with E-state index in [2.05, 4.69) is 11.4 Å². The Balaban J connectivity index is 3.96. The number of hydrogen-bond donors (Lipinski definition) is 3. The standard InChI is InChI=1S/C29H57O10P/c1-3-5-6-7-8-9-10-11-12-13-14-15-16-17-18-19-20-21-29(33)39-27(24-36-28(32)4-2)25-38-40(34,35)37-23-26(31)22-30/h26-27,30-31H,3-25H2,1-2H3,(H,34,35). The molecule has 0 heterocycles. The van der Waals surface area contributed by atoms with Crippen LogP contribution < -0.4 is 0 Å². The van der Waals surface area contributed by atoms with Gasteiger partial charge in [0, 0.05) is 12.8 Å². The van der Waals surface area contributed by atoms with Gasteiger partial charge in [0.15, 0.2) is 6.10 Å². The first-order valence-corrected chi connectivity index (χ1v) is 17.0. The van der Waals surface area contributed by atoms with Crippen LogP contribution in [0.15, 0.2) is 0 Å². The van der Waals surface area contributed by atoms with Gasteiger partial charge in [0.1, 0.15) is 12.7 Å². The summed E-state index contributed by atoms with van der Waals surface area (Å²) < 4.78 is 31.6. The number of phosphoric ester groups is 1. The van der Waals surface area contributed by atoms with Crippen LogP contribution in [-0.4, -0.2) is 65.7 Å². The second-order valence-corrected chi connectivity index (χ2v) is 11.9. The number of unbranched alkanes of at least 4 members (excludes halogenated alkanes) is 16. The highest BCUT2D eigenvalue weighted by Crippen LogP contribution is 2.43. The van der Waals surface area contributed by atoms with E-state index < -0.39 is 51.8 Å². The molecular formula is C29H57O10P. The number of ether oxygens (including phenoxy) is 2. The predicted octanol–water partition coefficient (Wildman–Crippen LogP) is 6.38. The van der Waals surface area contributed by atoms with Crippen molar-refractivity contribution in [1.29, 1.82) is 0 Å². The largest absolute Gasteiger partial charge is 0.472 e. The van der Waals surface area contributed by atoms with E-state index in [1.54, 1.807) is 6.92 Å². The molecule has 0 amide bonds. The highest BCUT2D eigenvalue weighted by Gasteiger charge is 2.27.